The lowest BCUT2D eigenvalue weighted by molar-refractivity contribution is 0.638. The number of anilines is 3. The van der Waals surface area contributed by atoms with Gasteiger partial charge in [0.15, 0.2) is 0 Å². The molecule has 144 valence electrons. The van der Waals surface area contributed by atoms with E-state index in [1.807, 2.05) is 30.3 Å². The number of nitrogen functional groups attached to an aromatic ring is 1. The van der Waals surface area contributed by atoms with Gasteiger partial charge in [0.25, 0.3) is 0 Å². The highest BCUT2D eigenvalue weighted by atomic mass is 14.9. The van der Waals surface area contributed by atoms with Crippen molar-refractivity contribution in [2.24, 2.45) is 11.8 Å². The summed E-state index contributed by atoms with van der Waals surface area (Å²) in [4.78, 5) is 0. The molecule has 0 bridgehead atoms. The van der Waals surface area contributed by atoms with Gasteiger partial charge in [0.2, 0.25) is 0 Å². The van der Waals surface area contributed by atoms with Gasteiger partial charge in [-0.05, 0) is 59.4 Å². The van der Waals surface area contributed by atoms with Crippen LogP contribution in [0.4, 0.5) is 17.1 Å². The zero-order valence-corrected chi connectivity index (χ0v) is 17.2. The van der Waals surface area contributed by atoms with E-state index >= 15 is 0 Å². The second-order valence-corrected chi connectivity index (χ2v) is 8.35. The molecule has 3 heteroatoms. The van der Waals surface area contributed by atoms with Gasteiger partial charge in [-0.25, -0.2) is 0 Å². The van der Waals surface area contributed by atoms with Crippen LogP contribution >= 0.6 is 0 Å². The van der Waals surface area contributed by atoms with Crippen LogP contribution in [0.1, 0.15) is 44.4 Å². The summed E-state index contributed by atoms with van der Waals surface area (Å²) in [7, 11) is 0. The Bertz CT molecular complexity index is 995. The number of hydrogen-bond donors (Lipinski definition) is 2. The van der Waals surface area contributed by atoms with E-state index in [-0.39, 0.29) is 0 Å². The van der Waals surface area contributed by atoms with Crippen molar-refractivity contribution < 1.29 is 0 Å². The second kappa shape index (κ2) is 8.35. The van der Waals surface area contributed by atoms with Gasteiger partial charge in [0.1, 0.15) is 0 Å². The smallest absolute Gasteiger partial charge is 0.0991 e. The fraction of sp³-hybridized carbons (Fsp3) is 0.320. The molecule has 0 heterocycles. The van der Waals surface area contributed by atoms with Crippen molar-refractivity contribution >= 4 is 27.8 Å². The second-order valence-electron chi connectivity index (χ2n) is 8.35. The molecule has 0 saturated heterocycles. The SMILES string of the molecule is CC(C)Cc1cc(C#N)cc(CC(C)C)c1Nc1c(N)ccc2ccccc12. The van der Waals surface area contributed by atoms with E-state index in [1.54, 1.807) is 0 Å². The van der Waals surface area contributed by atoms with E-state index in [4.69, 9.17) is 5.73 Å². The molecule has 3 nitrogen and oxygen atoms in total. The first-order valence-electron chi connectivity index (χ1n) is 9.99. The predicted octanol–water partition coefficient (Wildman–Crippen LogP) is 6.43. The highest BCUT2D eigenvalue weighted by Crippen LogP contribution is 2.36. The summed E-state index contributed by atoms with van der Waals surface area (Å²) < 4.78 is 0. The third-order valence-electron chi connectivity index (χ3n) is 4.90. The fourth-order valence-corrected chi connectivity index (χ4v) is 3.75. The van der Waals surface area contributed by atoms with E-state index in [0.717, 1.165) is 46.2 Å². The van der Waals surface area contributed by atoms with Crippen LogP contribution in [0.15, 0.2) is 48.5 Å². The molecule has 0 unspecified atom stereocenters. The van der Waals surface area contributed by atoms with Gasteiger partial charge < -0.3 is 11.1 Å². The third kappa shape index (κ3) is 4.28. The zero-order valence-electron chi connectivity index (χ0n) is 17.2. The van der Waals surface area contributed by atoms with Gasteiger partial charge in [0.05, 0.1) is 23.0 Å². The summed E-state index contributed by atoms with van der Waals surface area (Å²) in [6.45, 7) is 8.82. The molecule has 3 aromatic carbocycles. The number of fused-ring (bicyclic) bond motifs is 1. The molecule has 0 aliphatic heterocycles. The van der Waals surface area contributed by atoms with Crippen LogP contribution in [-0.4, -0.2) is 0 Å². The lowest BCUT2D eigenvalue weighted by atomic mass is 9.92. The first-order chi connectivity index (χ1) is 13.4. The minimum Gasteiger partial charge on any atom is -0.397 e. The molecule has 3 N–H and O–H groups in total. The van der Waals surface area contributed by atoms with E-state index in [1.165, 1.54) is 11.1 Å². The minimum atomic E-state index is 0.492. The molecule has 0 fully saturated rings. The zero-order chi connectivity index (χ0) is 20.3. The van der Waals surface area contributed by atoms with Crippen molar-refractivity contribution in [1.82, 2.24) is 0 Å². The van der Waals surface area contributed by atoms with Crippen LogP contribution in [0.5, 0.6) is 0 Å². The van der Waals surface area contributed by atoms with Crippen LogP contribution in [0.2, 0.25) is 0 Å². The molecule has 3 aromatic rings. The lowest BCUT2D eigenvalue weighted by Gasteiger charge is -2.21. The maximum absolute atomic E-state index is 9.53. The average Bonchev–Trinajstić information content (AvgIpc) is 2.64. The highest BCUT2D eigenvalue weighted by Gasteiger charge is 2.16. The Labute approximate surface area is 168 Å². The van der Waals surface area contributed by atoms with Crippen LogP contribution in [-0.2, 0) is 12.8 Å². The number of rotatable bonds is 6. The van der Waals surface area contributed by atoms with Crippen LogP contribution in [0.3, 0.4) is 0 Å². The number of nitrogens with one attached hydrogen (secondary N) is 1. The minimum absolute atomic E-state index is 0.492. The van der Waals surface area contributed by atoms with Crippen LogP contribution < -0.4 is 11.1 Å². The summed E-state index contributed by atoms with van der Waals surface area (Å²) in [6.07, 6.45) is 1.82. The van der Waals surface area contributed by atoms with Gasteiger partial charge in [-0.3, -0.25) is 0 Å². The lowest BCUT2D eigenvalue weighted by Crippen LogP contribution is -2.08. The largest absolute Gasteiger partial charge is 0.397 e. The molecule has 3 rings (SSSR count). The number of nitrogens with zero attached hydrogens (tertiary/aromatic N) is 1. The predicted molar refractivity (Wildman–Crippen MR) is 120 cm³/mol. The average molecular weight is 372 g/mol. The normalized spacial score (nSPS) is 11.2. The van der Waals surface area contributed by atoms with Crippen molar-refractivity contribution in [2.45, 2.75) is 40.5 Å². The van der Waals surface area contributed by atoms with Crippen LogP contribution in [0.25, 0.3) is 10.8 Å². The van der Waals surface area contributed by atoms with Gasteiger partial charge in [-0.1, -0.05) is 58.0 Å². The van der Waals surface area contributed by atoms with Gasteiger partial charge in [0, 0.05) is 11.1 Å². The Hall–Kier alpha value is -2.99. The molecule has 0 spiro atoms. The summed E-state index contributed by atoms with van der Waals surface area (Å²) >= 11 is 0. The molecule has 28 heavy (non-hydrogen) atoms. The summed E-state index contributed by atoms with van der Waals surface area (Å²) in [6, 6.07) is 18.7. The van der Waals surface area contributed by atoms with Gasteiger partial charge in [-0.2, -0.15) is 5.26 Å². The topological polar surface area (TPSA) is 61.8 Å². The Morgan fingerprint density at radius 1 is 0.893 bits per heavy atom. The summed E-state index contributed by atoms with van der Waals surface area (Å²) in [5.74, 6) is 0.984. The van der Waals surface area contributed by atoms with Crippen molar-refractivity contribution in [2.75, 3.05) is 11.1 Å². The molecule has 0 aliphatic rings. The number of nitriles is 1. The number of nitrogens with two attached hydrogens (primary N) is 1. The molecular weight excluding hydrogens is 342 g/mol. The summed E-state index contributed by atoms with van der Waals surface area (Å²) in [5.41, 5.74) is 12.2. The van der Waals surface area contributed by atoms with Crippen molar-refractivity contribution in [1.29, 1.82) is 5.26 Å². The van der Waals surface area contributed by atoms with Crippen LogP contribution in [0, 0.1) is 23.2 Å². The highest BCUT2D eigenvalue weighted by molar-refractivity contribution is 6.01. The standard InChI is InChI=1S/C25H29N3/c1-16(2)11-20-13-18(15-26)14-21(12-17(3)4)24(20)28-25-22-8-6-5-7-19(22)9-10-23(25)27/h5-10,13-14,16-17,28H,11-12,27H2,1-4H3. The molecule has 0 aromatic heterocycles. The Kier molecular flexibility index (Phi) is 5.90. The van der Waals surface area contributed by atoms with E-state index in [0.29, 0.717) is 11.8 Å². The molecule has 0 atom stereocenters. The Morgan fingerprint density at radius 2 is 1.50 bits per heavy atom. The van der Waals surface area contributed by atoms with Crippen molar-refractivity contribution in [3.8, 4) is 6.07 Å². The Balaban J connectivity index is 2.20. The molecule has 0 aliphatic carbocycles. The maximum atomic E-state index is 9.53. The van der Waals surface area contributed by atoms with Gasteiger partial charge in [-0.15, -0.1) is 0 Å². The monoisotopic (exact) mass is 371 g/mol. The summed E-state index contributed by atoms with van der Waals surface area (Å²) in [5, 5.41) is 15.5. The first-order valence-corrected chi connectivity index (χ1v) is 9.99. The quantitative estimate of drug-likeness (QED) is 0.490. The third-order valence-corrected chi connectivity index (χ3v) is 4.90. The fourth-order valence-electron chi connectivity index (χ4n) is 3.75. The van der Waals surface area contributed by atoms with Crippen molar-refractivity contribution in [3.05, 3.63) is 65.2 Å². The molecule has 0 amide bonds. The first kappa shape index (κ1) is 19.8. The maximum Gasteiger partial charge on any atom is 0.0991 e. The number of benzene rings is 3. The molecule has 0 saturated carbocycles. The molecule has 0 radical (unpaired) electrons. The van der Waals surface area contributed by atoms with E-state index < -0.39 is 0 Å². The number of hydrogen-bond acceptors (Lipinski definition) is 3. The van der Waals surface area contributed by atoms with E-state index in [9.17, 15) is 5.26 Å². The molecular formula is C25H29N3. The van der Waals surface area contributed by atoms with E-state index in [2.05, 4.69) is 57.3 Å². The van der Waals surface area contributed by atoms with Crippen molar-refractivity contribution in [3.63, 3.8) is 0 Å². The Morgan fingerprint density at radius 3 is 2.07 bits per heavy atom. The van der Waals surface area contributed by atoms with Gasteiger partial charge >= 0.3 is 0 Å².